The number of benzene rings is 1. The topological polar surface area (TPSA) is 32.3 Å². The molecule has 0 saturated carbocycles. The molecule has 0 aliphatic carbocycles. The van der Waals surface area contributed by atoms with E-state index in [4.69, 9.17) is 0 Å². The van der Waals surface area contributed by atoms with Gasteiger partial charge >= 0.3 is 0 Å². The molecule has 1 aromatic carbocycles. The van der Waals surface area contributed by atoms with Crippen molar-refractivity contribution in [3.8, 4) is 0 Å². The lowest BCUT2D eigenvalue weighted by Gasteiger charge is -2.12. The fourth-order valence-electron chi connectivity index (χ4n) is 2.07. The van der Waals surface area contributed by atoms with Gasteiger partial charge in [0, 0.05) is 6.54 Å². The number of unbranched alkanes of at least 4 members (excludes halogenated alkanes) is 5. The van der Waals surface area contributed by atoms with Gasteiger partial charge in [0.2, 0.25) is 0 Å². The van der Waals surface area contributed by atoms with Crippen LogP contribution in [0.1, 0.15) is 57.1 Å². The number of hydrogen-bond donors (Lipinski definition) is 2. The van der Waals surface area contributed by atoms with E-state index in [0.29, 0.717) is 6.54 Å². The summed E-state index contributed by atoms with van der Waals surface area (Å²) in [4.78, 5) is 0. The third kappa shape index (κ3) is 7.28. The number of aliphatic hydroxyl groups is 1. The van der Waals surface area contributed by atoms with E-state index in [0.717, 1.165) is 18.5 Å². The van der Waals surface area contributed by atoms with E-state index in [-0.39, 0.29) is 5.82 Å². The second kappa shape index (κ2) is 9.93. The molecule has 0 saturated heterocycles. The SMILES string of the molecule is CCCCCCCCNCC(O)c1ccc(F)cc1. The van der Waals surface area contributed by atoms with Crippen molar-refractivity contribution in [2.45, 2.75) is 51.6 Å². The van der Waals surface area contributed by atoms with Gasteiger partial charge in [-0.1, -0.05) is 51.2 Å². The molecule has 0 heterocycles. The summed E-state index contributed by atoms with van der Waals surface area (Å²) in [6.07, 6.45) is 7.09. The smallest absolute Gasteiger partial charge is 0.123 e. The van der Waals surface area contributed by atoms with Crippen molar-refractivity contribution in [2.24, 2.45) is 0 Å². The first kappa shape index (κ1) is 16.1. The highest BCUT2D eigenvalue weighted by atomic mass is 19.1. The Morgan fingerprint density at radius 2 is 1.68 bits per heavy atom. The van der Waals surface area contributed by atoms with Gasteiger partial charge in [0.05, 0.1) is 6.10 Å². The van der Waals surface area contributed by atoms with Crippen molar-refractivity contribution >= 4 is 0 Å². The van der Waals surface area contributed by atoms with Gasteiger partial charge in [0.25, 0.3) is 0 Å². The molecule has 1 rings (SSSR count). The molecule has 1 atom stereocenters. The molecule has 2 N–H and O–H groups in total. The molecule has 2 nitrogen and oxygen atoms in total. The minimum absolute atomic E-state index is 0.268. The second-order valence-electron chi connectivity index (χ2n) is 5.04. The minimum Gasteiger partial charge on any atom is -0.387 e. The summed E-state index contributed by atoms with van der Waals surface area (Å²) in [5, 5.41) is 13.1. The van der Waals surface area contributed by atoms with Crippen molar-refractivity contribution in [3.63, 3.8) is 0 Å². The largest absolute Gasteiger partial charge is 0.387 e. The lowest BCUT2D eigenvalue weighted by molar-refractivity contribution is 0.174. The number of hydrogen-bond acceptors (Lipinski definition) is 2. The standard InChI is InChI=1S/C16H26FNO/c1-2-3-4-5-6-7-12-18-13-16(19)14-8-10-15(17)11-9-14/h8-11,16,18-19H,2-7,12-13H2,1H3. The van der Waals surface area contributed by atoms with Gasteiger partial charge < -0.3 is 10.4 Å². The van der Waals surface area contributed by atoms with Crippen LogP contribution in [-0.4, -0.2) is 18.2 Å². The molecule has 0 aliphatic rings. The molecular formula is C16H26FNO. The van der Waals surface area contributed by atoms with Gasteiger partial charge in [0.1, 0.15) is 5.82 Å². The first-order chi connectivity index (χ1) is 9.24. The zero-order valence-corrected chi connectivity index (χ0v) is 11.9. The molecule has 1 aromatic rings. The van der Waals surface area contributed by atoms with E-state index in [2.05, 4.69) is 12.2 Å². The second-order valence-corrected chi connectivity index (χ2v) is 5.04. The van der Waals surface area contributed by atoms with Crippen LogP contribution in [0.15, 0.2) is 24.3 Å². The Bertz CT molecular complexity index is 326. The maximum Gasteiger partial charge on any atom is 0.123 e. The van der Waals surface area contributed by atoms with Crippen molar-refractivity contribution in [3.05, 3.63) is 35.6 Å². The lowest BCUT2D eigenvalue weighted by Crippen LogP contribution is -2.22. The highest BCUT2D eigenvalue weighted by Crippen LogP contribution is 2.12. The molecule has 0 fully saturated rings. The summed E-state index contributed by atoms with van der Waals surface area (Å²) in [5.74, 6) is -0.268. The summed E-state index contributed by atoms with van der Waals surface area (Å²) in [6, 6.07) is 6.03. The van der Waals surface area contributed by atoms with E-state index in [1.165, 1.54) is 44.2 Å². The first-order valence-corrected chi connectivity index (χ1v) is 7.38. The molecule has 108 valence electrons. The Morgan fingerprint density at radius 3 is 2.37 bits per heavy atom. The van der Waals surface area contributed by atoms with Crippen molar-refractivity contribution < 1.29 is 9.50 Å². The summed E-state index contributed by atoms with van der Waals surface area (Å²) >= 11 is 0. The predicted octanol–water partition coefficient (Wildman–Crippen LogP) is 3.81. The van der Waals surface area contributed by atoms with Crippen LogP contribution in [0.3, 0.4) is 0 Å². The van der Waals surface area contributed by atoms with Gasteiger partial charge in [-0.2, -0.15) is 0 Å². The van der Waals surface area contributed by atoms with E-state index >= 15 is 0 Å². The average Bonchev–Trinajstić information content (AvgIpc) is 2.42. The van der Waals surface area contributed by atoms with E-state index in [1.54, 1.807) is 12.1 Å². The highest BCUT2D eigenvalue weighted by molar-refractivity contribution is 5.18. The van der Waals surface area contributed by atoms with E-state index in [9.17, 15) is 9.50 Å². The maximum absolute atomic E-state index is 12.7. The first-order valence-electron chi connectivity index (χ1n) is 7.38. The third-order valence-electron chi connectivity index (χ3n) is 3.30. The van der Waals surface area contributed by atoms with Gasteiger partial charge in [-0.3, -0.25) is 0 Å². The molecule has 0 radical (unpaired) electrons. The Labute approximate surface area is 116 Å². The fraction of sp³-hybridized carbons (Fsp3) is 0.625. The Kier molecular flexibility index (Phi) is 8.43. The quantitative estimate of drug-likeness (QED) is 0.632. The minimum atomic E-state index is -0.555. The van der Waals surface area contributed by atoms with Gasteiger partial charge in [-0.05, 0) is 30.7 Å². The Balaban J connectivity index is 2.04. The van der Waals surface area contributed by atoms with Gasteiger partial charge in [0.15, 0.2) is 0 Å². The zero-order chi connectivity index (χ0) is 13.9. The Hall–Kier alpha value is -0.930. The molecule has 3 heteroatoms. The van der Waals surface area contributed by atoms with E-state index < -0.39 is 6.10 Å². The molecule has 0 bridgehead atoms. The molecule has 0 aromatic heterocycles. The number of rotatable bonds is 10. The van der Waals surface area contributed by atoms with Crippen LogP contribution < -0.4 is 5.32 Å². The number of nitrogens with one attached hydrogen (secondary N) is 1. The summed E-state index contributed by atoms with van der Waals surface area (Å²) in [5.41, 5.74) is 0.761. The molecule has 19 heavy (non-hydrogen) atoms. The van der Waals surface area contributed by atoms with Gasteiger partial charge in [-0.25, -0.2) is 4.39 Å². The van der Waals surface area contributed by atoms with Crippen LogP contribution in [0.25, 0.3) is 0 Å². The lowest BCUT2D eigenvalue weighted by atomic mass is 10.1. The van der Waals surface area contributed by atoms with Gasteiger partial charge in [-0.15, -0.1) is 0 Å². The third-order valence-corrected chi connectivity index (χ3v) is 3.30. The van der Waals surface area contributed by atoms with Crippen LogP contribution >= 0.6 is 0 Å². The van der Waals surface area contributed by atoms with Crippen molar-refractivity contribution in [2.75, 3.05) is 13.1 Å². The summed E-state index contributed by atoms with van der Waals surface area (Å²) < 4.78 is 12.7. The normalized spacial score (nSPS) is 12.6. The highest BCUT2D eigenvalue weighted by Gasteiger charge is 2.06. The molecule has 1 unspecified atom stereocenters. The van der Waals surface area contributed by atoms with Crippen LogP contribution in [0, 0.1) is 5.82 Å². The molecule has 0 amide bonds. The molecule has 0 aliphatic heterocycles. The van der Waals surface area contributed by atoms with Crippen molar-refractivity contribution in [1.82, 2.24) is 5.32 Å². The Morgan fingerprint density at radius 1 is 1.05 bits per heavy atom. The van der Waals surface area contributed by atoms with Crippen LogP contribution in [0.5, 0.6) is 0 Å². The number of aliphatic hydroxyl groups excluding tert-OH is 1. The summed E-state index contributed by atoms with van der Waals surface area (Å²) in [6.45, 7) is 3.68. The zero-order valence-electron chi connectivity index (χ0n) is 11.9. The predicted molar refractivity (Wildman–Crippen MR) is 77.6 cm³/mol. The summed E-state index contributed by atoms with van der Waals surface area (Å²) in [7, 11) is 0. The number of halogens is 1. The maximum atomic E-state index is 12.7. The fourth-order valence-corrected chi connectivity index (χ4v) is 2.07. The van der Waals surface area contributed by atoms with Crippen LogP contribution in [0.4, 0.5) is 4.39 Å². The average molecular weight is 267 g/mol. The van der Waals surface area contributed by atoms with Crippen molar-refractivity contribution in [1.29, 1.82) is 0 Å². The monoisotopic (exact) mass is 267 g/mol. The molecule has 0 spiro atoms. The van der Waals surface area contributed by atoms with Crippen LogP contribution in [-0.2, 0) is 0 Å². The van der Waals surface area contributed by atoms with E-state index in [1.807, 2.05) is 0 Å². The van der Waals surface area contributed by atoms with Crippen LogP contribution in [0.2, 0.25) is 0 Å². The molecular weight excluding hydrogens is 241 g/mol.